The molecule has 0 bridgehead atoms. The van der Waals surface area contributed by atoms with Crippen LogP contribution in [-0.2, 0) is 20.5 Å². The van der Waals surface area contributed by atoms with Crippen LogP contribution in [0.5, 0.6) is 0 Å². The van der Waals surface area contributed by atoms with Crippen LogP contribution >= 0.6 is 0 Å². The van der Waals surface area contributed by atoms with E-state index in [2.05, 4.69) is 50.5 Å². The van der Waals surface area contributed by atoms with Gasteiger partial charge in [-0.25, -0.2) is 0 Å². The van der Waals surface area contributed by atoms with Gasteiger partial charge in [0.15, 0.2) is 0 Å². The summed E-state index contributed by atoms with van der Waals surface area (Å²) in [5, 5.41) is 6.12. The number of carbonyl (C=O) groups is 1. The van der Waals surface area contributed by atoms with Crippen LogP contribution in [-0.4, -0.2) is 37.8 Å². The standard InChI is InChI=1S/C19H27BN2O3/c1-18(2)19(3,4)25-20(24-18)15(12-21-5)11-13-6-8-16-14(10-13)7-9-17(23)22-16/h6,8,10-11,21H,7,9,12H2,1-5H3,(H,22,23). The predicted octanol–water partition coefficient (Wildman–Crippen LogP) is 2.81. The van der Waals surface area contributed by atoms with Crippen LogP contribution in [0.1, 0.15) is 45.2 Å². The quantitative estimate of drug-likeness (QED) is 0.826. The lowest BCUT2D eigenvalue weighted by Gasteiger charge is -2.32. The SMILES string of the molecule is CNCC(=Cc1ccc2c(c1)CCC(=O)N2)B1OC(C)(C)C(C)(C)O1. The fourth-order valence-corrected chi connectivity index (χ4v) is 3.11. The van der Waals surface area contributed by atoms with Crippen molar-refractivity contribution in [3.63, 3.8) is 0 Å². The van der Waals surface area contributed by atoms with E-state index >= 15 is 0 Å². The van der Waals surface area contributed by atoms with Gasteiger partial charge in [-0.15, -0.1) is 0 Å². The minimum Gasteiger partial charge on any atom is -0.400 e. The summed E-state index contributed by atoms with van der Waals surface area (Å²) in [4.78, 5) is 11.5. The Balaban J connectivity index is 1.87. The minimum atomic E-state index is -0.367. The van der Waals surface area contributed by atoms with Gasteiger partial charge in [0, 0.05) is 18.7 Å². The Morgan fingerprint density at radius 2 is 1.92 bits per heavy atom. The number of likely N-dealkylation sites (N-methyl/N-ethyl adjacent to an activating group) is 1. The van der Waals surface area contributed by atoms with E-state index < -0.39 is 0 Å². The number of rotatable bonds is 4. The Bertz CT molecular complexity index is 697. The molecule has 0 atom stereocenters. The van der Waals surface area contributed by atoms with Gasteiger partial charge in [-0.3, -0.25) is 4.79 Å². The third-order valence-electron chi connectivity index (χ3n) is 5.31. The molecule has 2 heterocycles. The maximum Gasteiger partial charge on any atom is 0.491 e. The van der Waals surface area contributed by atoms with Crippen LogP contribution in [0.15, 0.2) is 23.7 Å². The molecule has 0 radical (unpaired) electrons. The van der Waals surface area contributed by atoms with Gasteiger partial charge in [0.2, 0.25) is 5.91 Å². The summed E-state index contributed by atoms with van der Waals surface area (Å²) >= 11 is 0. The second-order valence-corrected chi connectivity index (χ2v) is 7.80. The van der Waals surface area contributed by atoms with Crippen molar-refractivity contribution in [1.82, 2.24) is 5.32 Å². The molecule has 5 nitrogen and oxygen atoms in total. The maximum atomic E-state index is 11.5. The number of nitrogens with one attached hydrogen (secondary N) is 2. The molecular weight excluding hydrogens is 315 g/mol. The largest absolute Gasteiger partial charge is 0.491 e. The molecule has 2 aliphatic heterocycles. The Kier molecular flexibility index (Phi) is 4.79. The van der Waals surface area contributed by atoms with Crippen molar-refractivity contribution in [2.45, 2.75) is 51.7 Å². The van der Waals surface area contributed by atoms with Gasteiger partial charge in [-0.05, 0) is 69.9 Å². The molecule has 1 amide bonds. The molecule has 134 valence electrons. The van der Waals surface area contributed by atoms with Crippen LogP contribution in [0.4, 0.5) is 5.69 Å². The molecule has 0 aliphatic carbocycles. The molecule has 3 rings (SSSR count). The third-order valence-corrected chi connectivity index (χ3v) is 5.31. The smallest absolute Gasteiger partial charge is 0.400 e. The highest BCUT2D eigenvalue weighted by molar-refractivity contribution is 6.55. The summed E-state index contributed by atoms with van der Waals surface area (Å²) in [5.74, 6) is 0.0869. The molecule has 0 aromatic heterocycles. The molecular formula is C19H27BN2O3. The molecule has 1 saturated heterocycles. The van der Waals surface area contributed by atoms with Crippen molar-refractivity contribution in [2.75, 3.05) is 18.9 Å². The first-order valence-electron chi connectivity index (χ1n) is 8.85. The predicted molar refractivity (Wildman–Crippen MR) is 101 cm³/mol. The zero-order valence-corrected chi connectivity index (χ0v) is 15.7. The van der Waals surface area contributed by atoms with Gasteiger partial charge in [0.05, 0.1) is 11.2 Å². The molecule has 0 spiro atoms. The number of amides is 1. The number of benzene rings is 1. The van der Waals surface area contributed by atoms with E-state index in [1.807, 2.05) is 19.2 Å². The lowest BCUT2D eigenvalue weighted by Crippen LogP contribution is -2.41. The number of carbonyl (C=O) groups excluding carboxylic acids is 1. The lowest BCUT2D eigenvalue weighted by atomic mass is 9.77. The zero-order chi connectivity index (χ0) is 18.2. The third kappa shape index (κ3) is 3.66. The van der Waals surface area contributed by atoms with E-state index in [0.717, 1.165) is 23.1 Å². The van der Waals surface area contributed by atoms with Crippen LogP contribution < -0.4 is 10.6 Å². The maximum absolute atomic E-state index is 11.5. The molecule has 2 aliphatic rings. The fourth-order valence-electron chi connectivity index (χ4n) is 3.11. The number of anilines is 1. The highest BCUT2D eigenvalue weighted by Gasteiger charge is 2.52. The highest BCUT2D eigenvalue weighted by atomic mass is 16.7. The van der Waals surface area contributed by atoms with Gasteiger partial charge >= 0.3 is 7.12 Å². The van der Waals surface area contributed by atoms with Gasteiger partial charge in [0.25, 0.3) is 0 Å². The van der Waals surface area contributed by atoms with Crippen LogP contribution in [0.2, 0.25) is 0 Å². The first-order valence-corrected chi connectivity index (χ1v) is 8.85. The van der Waals surface area contributed by atoms with Gasteiger partial charge in [-0.2, -0.15) is 0 Å². The number of fused-ring (bicyclic) bond motifs is 1. The van der Waals surface area contributed by atoms with Crippen LogP contribution in [0.3, 0.4) is 0 Å². The summed E-state index contributed by atoms with van der Waals surface area (Å²) in [5.41, 5.74) is 3.52. The van der Waals surface area contributed by atoms with Crippen molar-refractivity contribution >= 4 is 24.8 Å². The van der Waals surface area contributed by atoms with Crippen molar-refractivity contribution in [3.05, 3.63) is 34.8 Å². The monoisotopic (exact) mass is 342 g/mol. The van der Waals surface area contributed by atoms with Crippen molar-refractivity contribution in [2.24, 2.45) is 0 Å². The zero-order valence-electron chi connectivity index (χ0n) is 15.7. The van der Waals surface area contributed by atoms with E-state index in [0.29, 0.717) is 13.0 Å². The highest BCUT2D eigenvalue weighted by Crippen LogP contribution is 2.38. The summed E-state index contributed by atoms with van der Waals surface area (Å²) in [6.07, 6.45) is 3.44. The molecule has 1 fully saturated rings. The fraction of sp³-hybridized carbons (Fsp3) is 0.526. The van der Waals surface area contributed by atoms with E-state index in [1.165, 1.54) is 5.56 Å². The number of aryl methyl sites for hydroxylation is 1. The average molecular weight is 342 g/mol. The molecule has 25 heavy (non-hydrogen) atoms. The Morgan fingerprint density at radius 1 is 1.24 bits per heavy atom. The molecule has 1 aromatic carbocycles. The topological polar surface area (TPSA) is 59.6 Å². The first kappa shape index (κ1) is 18.2. The Morgan fingerprint density at radius 3 is 2.56 bits per heavy atom. The van der Waals surface area contributed by atoms with E-state index in [1.54, 1.807) is 0 Å². The summed E-state index contributed by atoms with van der Waals surface area (Å²) in [7, 11) is 1.55. The normalized spacial score (nSPS) is 21.9. The summed E-state index contributed by atoms with van der Waals surface area (Å²) < 4.78 is 12.4. The molecule has 1 aromatic rings. The number of hydrogen-bond acceptors (Lipinski definition) is 4. The van der Waals surface area contributed by atoms with E-state index in [4.69, 9.17) is 9.31 Å². The van der Waals surface area contributed by atoms with E-state index in [-0.39, 0.29) is 24.2 Å². The van der Waals surface area contributed by atoms with Crippen molar-refractivity contribution in [1.29, 1.82) is 0 Å². The number of hydrogen-bond donors (Lipinski definition) is 2. The minimum absolute atomic E-state index is 0.0869. The lowest BCUT2D eigenvalue weighted by molar-refractivity contribution is -0.116. The Hall–Kier alpha value is -1.63. The van der Waals surface area contributed by atoms with Crippen LogP contribution in [0.25, 0.3) is 6.08 Å². The molecule has 0 unspecified atom stereocenters. The molecule has 2 N–H and O–H groups in total. The molecule has 6 heteroatoms. The van der Waals surface area contributed by atoms with Crippen molar-refractivity contribution < 1.29 is 14.1 Å². The molecule has 0 saturated carbocycles. The Labute approximate surface area is 150 Å². The first-order chi connectivity index (χ1) is 11.7. The van der Waals surface area contributed by atoms with Gasteiger partial charge in [-0.1, -0.05) is 12.1 Å². The van der Waals surface area contributed by atoms with Crippen LogP contribution in [0, 0.1) is 0 Å². The average Bonchev–Trinajstić information content (AvgIpc) is 2.75. The summed E-state index contributed by atoms with van der Waals surface area (Å²) in [6, 6.07) is 6.13. The van der Waals surface area contributed by atoms with E-state index in [9.17, 15) is 4.79 Å². The summed E-state index contributed by atoms with van der Waals surface area (Å²) in [6.45, 7) is 8.93. The van der Waals surface area contributed by atoms with Gasteiger partial charge in [0.1, 0.15) is 0 Å². The van der Waals surface area contributed by atoms with Gasteiger partial charge < -0.3 is 19.9 Å². The van der Waals surface area contributed by atoms with Crippen molar-refractivity contribution in [3.8, 4) is 0 Å². The second kappa shape index (κ2) is 6.59. The second-order valence-electron chi connectivity index (χ2n) is 7.80.